The summed E-state index contributed by atoms with van der Waals surface area (Å²) in [5.74, 6) is 0.288. The fraction of sp³-hybridized carbons (Fsp3) is 0.929. The minimum absolute atomic E-state index is 0. The minimum Gasteiger partial charge on any atom is -0.342 e. The first-order chi connectivity index (χ1) is 8.68. The number of hydrogen-bond donors (Lipinski definition) is 1. The van der Waals surface area contributed by atoms with Gasteiger partial charge in [0.05, 0.1) is 6.54 Å². The molecule has 0 aromatic heterocycles. The van der Waals surface area contributed by atoms with Crippen LogP contribution in [0.2, 0.25) is 0 Å². The van der Waals surface area contributed by atoms with Gasteiger partial charge in [-0.15, -0.1) is 12.4 Å². The number of halogens is 1. The molecule has 4 nitrogen and oxygen atoms in total. The standard InChI is InChI=1S/C14H27N3O.ClH/c1-16(13-8-9-15-10-13)11-14(18)17(2)12-6-4-3-5-7-12;/h12-13,15H,3-11H2,1-2H3;1H. The molecule has 2 aliphatic rings. The van der Waals surface area contributed by atoms with Gasteiger partial charge >= 0.3 is 0 Å². The molecule has 1 aliphatic carbocycles. The lowest BCUT2D eigenvalue weighted by Gasteiger charge is -2.33. The molecule has 0 bridgehead atoms. The maximum atomic E-state index is 12.3. The van der Waals surface area contributed by atoms with Crippen LogP contribution < -0.4 is 5.32 Å². The molecule has 5 heteroatoms. The Morgan fingerprint density at radius 2 is 1.79 bits per heavy atom. The highest BCUT2D eigenvalue weighted by atomic mass is 35.5. The van der Waals surface area contributed by atoms with Gasteiger partial charge in [0, 0.05) is 25.7 Å². The first kappa shape index (κ1) is 16.7. The van der Waals surface area contributed by atoms with Gasteiger partial charge in [-0.3, -0.25) is 9.69 Å². The summed E-state index contributed by atoms with van der Waals surface area (Å²) >= 11 is 0. The Balaban J connectivity index is 0.00000180. The van der Waals surface area contributed by atoms with Crippen LogP contribution in [0.15, 0.2) is 0 Å². The van der Waals surface area contributed by atoms with Crippen LogP contribution in [0.3, 0.4) is 0 Å². The van der Waals surface area contributed by atoms with Crippen molar-refractivity contribution < 1.29 is 4.79 Å². The summed E-state index contributed by atoms with van der Waals surface area (Å²) in [6.45, 7) is 2.68. The largest absolute Gasteiger partial charge is 0.342 e. The van der Waals surface area contributed by atoms with Gasteiger partial charge in [-0.05, 0) is 32.9 Å². The Bertz CT molecular complexity index is 276. The number of amides is 1. The van der Waals surface area contributed by atoms with Crippen molar-refractivity contribution in [2.45, 2.75) is 50.6 Å². The summed E-state index contributed by atoms with van der Waals surface area (Å²) in [5, 5.41) is 3.35. The Labute approximate surface area is 123 Å². The quantitative estimate of drug-likeness (QED) is 0.852. The summed E-state index contributed by atoms with van der Waals surface area (Å²) in [7, 11) is 4.06. The van der Waals surface area contributed by atoms with Gasteiger partial charge in [0.2, 0.25) is 5.91 Å². The van der Waals surface area contributed by atoms with Crippen molar-refractivity contribution in [3.05, 3.63) is 0 Å². The van der Waals surface area contributed by atoms with Crippen molar-refractivity contribution in [2.24, 2.45) is 0 Å². The van der Waals surface area contributed by atoms with Crippen molar-refractivity contribution in [1.29, 1.82) is 0 Å². The molecule has 1 saturated carbocycles. The van der Waals surface area contributed by atoms with Crippen molar-refractivity contribution in [2.75, 3.05) is 33.7 Å². The molecular weight excluding hydrogens is 262 g/mol. The maximum Gasteiger partial charge on any atom is 0.236 e. The average Bonchev–Trinajstić information content (AvgIpc) is 2.92. The van der Waals surface area contributed by atoms with E-state index in [0.717, 1.165) is 19.5 Å². The van der Waals surface area contributed by atoms with Gasteiger partial charge in [0.15, 0.2) is 0 Å². The summed E-state index contributed by atoms with van der Waals surface area (Å²) in [6, 6.07) is 1.02. The van der Waals surface area contributed by atoms with E-state index in [2.05, 4.69) is 17.3 Å². The fourth-order valence-electron chi connectivity index (χ4n) is 3.14. The molecule has 112 valence electrons. The number of likely N-dealkylation sites (N-methyl/N-ethyl adjacent to an activating group) is 2. The second-order valence-electron chi connectivity index (χ2n) is 5.86. The second-order valence-corrected chi connectivity index (χ2v) is 5.86. The predicted octanol–water partition coefficient (Wildman–Crippen LogP) is 1.49. The normalized spacial score (nSPS) is 24.3. The maximum absolute atomic E-state index is 12.3. The van der Waals surface area contributed by atoms with E-state index in [1.165, 1.54) is 32.1 Å². The monoisotopic (exact) mass is 289 g/mol. The topological polar surface area (TPSA) is 35.6 Å². The van der Waals surface area contributed by atoms with Crippen molar-refractivity contribution >= 4 is 18.3 Å². The number of rotatable bonds is 4. The first-order valence-electron chi connectivity index (χ1n) is 7.35. The van der Waals surface area contributed by atoms with Crippen LogP contribution in [0.25, 0.3) is 0 Å². The zero-order chi connectivity index (χ0) is 13.0. The van der Waals surface area contributed by atoms with Crippen LogP contribution in [0.5, 0.6) is 0 Å². The third-order valence-corrected chi connectivity index (χ3v) is 4.56. The minimum atomic E-state index is 0. The predicted molar refractivity (Wildman–Crippen MR) is 80.8 cm³/mol. The molecule has 1 N–H and O–H groups in total. The van der Waals surface area contributed by atoms with Crippen molar-refractivity contribution in [1.82, 2.24) is 15.1 Å². The molecule has 1 amide bonds. The molecule has 1 unspecified atom stereocenters. The highest BCUT2D eigenvalue weighted by molar-refractivity contribution is 5.85. The van der Waals surface area contributed by atoms with Gasteiger partial charge < -0.3 is 10.2 Å². The Morgan fingerprint density at radius 3 is 2.37 bits per heavy atom. The number of carbonyl (C=O) groups is 1. The molecule has 0 spiro atoms. The SMILES string of the molecule is CN(CC(=O)N(C)C1CCCCC1)C1CCNC1.Cl. The van der Waals surface area contributed by atoms with Crippen LogP contribution in [-0.4, -0.2) is 61.5 Å². The van der Waals surface area contributed by atoms with Crippen LogP contribution in [0, 0.1) is 0 Å². The average molecular weight is 290 g/mol. The molecule has 1 atom stereocenters. The number of hydrogen-bond acceptors (Lipinski definition) is 3. The molecule has 0 aromatic carbocycles. The third-order valence-electron chi connectivity index (χ3n) is 4.56. The van der Waals surface area contributed by atoms with Crippen molar-refractivity contribution in [3.63, 3.8) is 0 Å². The molecular formula is C14H28ClN3O. The van der Waals surface area contributed by atoms with Crippen LogP contribution >= 0.6 is 12.4 Å². The van der Waals surface area contributed by atoms with Crippen molar-refractivity contribution in [3.8, 4) is 0 Å². The Kier molecular flexibility index (Phi) is 7.11. The Morgan fingerprint density at radius 1 is 1.11 bits per heavy atom. The van der Waals surface area contributed by atoms with Gasteiger partial charge in [-0.2, -0.15) is 0 Å². The van der Waals surface area contributed by atoms with Gasteiger partial charge in [0.25, 0.3) is 0 Å². The lowest BCUT2D eigenvalue weighted by atomic mass is 9.94. The summed E-state index contributed by atoms with van der Waals surface area (Å²) in [5.41, 5.74) is 0. The fourth-order valence-corrected chi connectivity index (χ4v) is 3.14. The molecule has 19 heavy (non-hydrogen) atoms. The molecule has 1 aliphatic heterocycles. The van der Waals surface area contributed by atoms with E-state index in [-0.39, 0.29) is 18.3 Å². The van der Waals surface area contributed by atoms with Gasteiger partial charge in [-0.25, -0.2) is 0 Å². The molecule has 0 aromatic rings. The van der Waals surface area contributed by atoms with Crippen LogP contribution in [-0.2, 0) is 4.79 Å². The smallest absolute Gasteiger partial charge is 0.236 e. The van der Waals surface area contributed by atoms with Crippen LogP contribution in [0.1, 0.15) is 38.5 Å². The van der Waals surface area contributed by atoms with E-state index in [4.69, 9.17) is 0 Å². The van der Waals surface area contributed by atoms with E-state index in [0.29, 0.717) is 18.6 Å². The van der Waals surface area contributed by atoms with E-state index in [9.17, 15) is 4.79 Å². The molecule has 2 fully saturated rings. The van der Waals surface area contributed by atoms with E-state index >= 15 is 0 Å². The first-order valence-corrected chi connectivity index (χ1v) is 7.35. The molecule has 2 rings (SSSR count). The lowest BCUT2D eigenvalue weighted by Crippen LogP contribution is -2.46. The highest BCUT2D eigenvalue weighted by Crippen LogP contribution is 2.21. The van der Waals surface area contributed by atoms with E-state index < -0.39 is 0 Å². The highest BCUT2D eigenvalue weighted by Gasteiger charge is 2.25. The number of nitrogens with one attached hydrogen (secondary N) is 1. The van der Waals surface area contributed by atoms with Gasteiger partial charge in [0.1, 0.15) is 0 Å². The second kappa shape index (κ2) is 8.08. The number of carbonyl (C=O) groups excluding carboxylic acids is 1. The zero-order valence-electron chi connectivity index (χ0n) is 12.2. The van der Waals surface area contributed by atoms with E-state index in [1.807, 2.05) is 11.9 Å². The van der Waals surface area contributed by atoms with Crippen LogP contribution in [0.4, 0.5) is 0 Å². The molecule has 1 saturated heterocycles. The molecule has 0 radical (unpaired) electrons. The summed E-state index contributed by atoms with van der Waals surface area (Å²) in [4.78, 5) is 16.5. The van der Waals surface area contributed by atoms with E-state index in [1.54, 1.807) is 0 Å². The van der Waals surface area contributed by atoms with Gasteiger partial charge in [-0.1, -0.05) is 19.3 Å². The lowest BCUT2D eigenvalue weighted by molar-refractivity contribution is -0.133. The molecule has 1 heterocycles. The zero-order valence-corrected chi connectivity index (χ0v) is 13.0. The third kappa shape index (κ3) is 4.62. The Hall–Kier alpha value is -0.320. The summed E-state index contributed by atoms with van der Waals surface area (Å²) in [6.07, 6.45) is 7.45. The summed E-state index contributed by atoms with van der Waals surface area (Å²) < 4.78 is 0. The number of nitrogens with zero attached hydrogens (tertiary/aromatic N) is 2.